The smallest absolute Gasteiger partial charge is 0.259 e. The molecule has 110 valence electrons. The van der Waals surface area contributed by atoms with Crippen molar-refractivity contribution in [3.05, 3.63) is 53.9 Å². The molecule has 0 radical (unpaired) electrons. The van der Waals surface area contributed by atoms with Gasteiger partial charge in [-0.15, -0.1) is 0 Å². The molecule has 2 rings (SSSR count). The molecule has 21 heavy (non-hydrogen) atoms. The van der Waals surface area contributed by atoms with Crippen molar-refractivity contribution in [2.45, 2.75) is 26.7 Å². The minimum atomic E-state index is -0.144. The second kappa shape index (κ2) is 7.43. The highest BCUT2D eigenvalue weighted by molar-refractivity contribution is 6.07. The van der Waals surface area contributed by atoms with Gasteiger partial charge in [-0.3, -0.25) is 9.78 Å². The van der Waals surface area contributed by atoms with Crippen LogP contribution in [0.1, 0.15) is 36.2 Å². The fraction of sp³-hybridized carbons (Fsp3) is 0.294. The lowest BCUT2D eigenvalue weighted by Crippen LogP contribution is -2.15. The van der Waals surface area contributed by atoms with Gasteiger partial charge in [0.05, 0.1) is 11.3 Å². The van der Waals surface area contributed by atoms with Gasteiger partial charge in [0.25, 0.3) is 5.91 Å². The van der Waals surface area contributed by atoms with Crippen LogP contribution in [0.3, 0.4) is 0 Å². The molecule has 4 heteroatoms. The van der Waals surface area contributed by atoms with E-state index in [0.29, 0.717) is 5.56 Å². The number of rotatable bonds is 6. The number of pyridine rings is 1. The molecule has 0 fully saturated rings. The maximum absolute atomic E-state index is 12.4. The van der Waals surface area contributed by atoms with E-state index < -0.39 is 0 Å². The Morgan fingerprint density at radius 3 is 2.86 bits per heavy atom. The molecule has 0 aliphatic heterocycles. The fourth-order valence-electron chi connectivity index (χ4n) is 2.06. The summed E-state index contributed by atoms with van der Waals surface area (Å²) in [6.07, 6.45) is 5.23. The molecule has 0 spiro atoms. The SMILES string of the molecule is CCCNc1ccncc1C(=O)Nc1cccc(CC)c1. The molecule has 0 saturated heterocycles. The second-order valence-electron chi connectivity index (χ2n) is 4.86. The Balaban J connectivity index is 2.16. The topological polar surface area (TPSA) is 54.0 Å². The van der Waals surface area contributed by atoms with E-state index >= 15 is 0 Å². The van der Waals surface area contributed by atoms with Crippen LogP contribution in [0, 0.1) is 0 Å². The van der Waals surface area contributed by atoms with E-state index in [-0.39, 0.29) is 5.91 Å². The molecule has 0 aliphatic carbocycles. The van der Waals surface area contributed by atoms with Gasteiger partial charge in [0, 0.05) is 24.6 Å². The summed E-state index contributed by atoms with van der Waals surface area (Å²) >= 11 is 0. The maximum atomic E-state index is 12.4. The highest BCUT2D eigenvalue weighted by Gasteiger charge is 2.11. The van der Waals surface area contributed by atoms with Crippen molar-refractivity contribution in [2.75, 3.05) is 17.2 Å². The van der Waals surface area contributed by atoms with Crippen LogP contribution >= 0.6 is 0 Å². The van der Waals surface area contributed by atoms with Crippen LogP contribution < -0.4 is 10.6 Å². The average molecular weight is 283 g/mol. The Bertz CT molecular complexity index is 610. The standard InChI is InChI=1S/C17H21N3O/c1-3-9-19-16-8-10-18-12-15(16)17(21)20-14-7-5-6-13(4-2)11-14/h5-8,10-12H,3-4,9H2,1-2H3,(H,18,19)(H,20,21). The summed E-state index contributed by atoms with van der Waals surface area (Å²) in [5, 5.41) is 6.18. The van der Waals surface area contributed by atoms with Crippen molar-refractivity contribution in [3.8, 4) is 0 Å². The van der Waals surface area contributed by atoms with Gasteiger partial charge in [-0.05, 0) is 36.6 Å². The van der Waals surface area contributed by atoms with E-state index in [9.17, 15) is 4.79 Å². The number of hydrogen-bond acceptors (Lipinski definition) is 3. The summed E-state index contributed by atoms with van der Waals surface area (Å²) < 4.78 is 0. The van der Waals surface area contributed by atoms with Crippen LogP contribution in [0.2, 0.25) is 0 Å². The third-order valence-corrected chi connectivity index (χ3v) is 3.22. The molecule has 2 N–H and O–H groups in total. The Morgan fingerprint density at radius 1 is 1.24 bits per heavy atom. The molecule has 0 bridgehead atoms. The molecular formula is C17H21N3O. The number of amides is 1. The van der Waals surface area contributed by atoms with Crippen LogP contribution in [-0.2, 0) is 6.42 Å². The quantitative estimate of drug-likeness (QED) is 0.849. The van der Waals surface area contributed by atoms with Gasteiger partial charge >= 0.3 is 0 Å². The monoisotopic (exact) mass is 283 g/mol. The largest absolute Gasteiger partial charge is 0.384 e. The molecule has 0 aliphatic rings. The van der Waals surface area contributed by atoms with Gasteiger partial charge < -0.3 is 10.6 Å². The van der Waals surface area contributed by atoms with E-state index in [1.807, 2.05) is 30.3 Å². The zero-order valence-electron chi connectivity index (χ0n) is 12.5. The summed E-state index contributed by atoms with van der Waals surface area (Å²) in [4.78, 5) is 16.5. The highest BCUT2D eigenvalue weighted by Crippen LogP contribution is 2.17. The first-order valence-electron chi connectivity index (χ1n) is 7.32. The molecule has 1 aromatic heterocycles. The Morgan fingerprint density at radius 2 is 2.10 bits per heavy atom. The van der Waals surface area contributed by atoms with Crippen LogP contribution in [0.15, 0.2) is 42.7 Å². The first-order valence-corrected chi connectivity index (χ1v) is 7.32. The molecule has 0 unspecified atom stereocenters. The van der Waals surface area contributed by atoms with Crippen LogP contribution in [0.25, 0.3) is 0 Å². The lowest BCUT2D eigenvalue weighted by molar-refractivity contribution is 0.102. The van der Waals surface area contributed by atoms with E-state index in [4.69, 9.17) is 0 Å². The first-order chi connectivity index (χ1) is 10.2. The molecule has 1 aromatic carbocycles. The van der Waals surface area contributed by atoms with Gasteiger partial charge in [0.1, 0.15) is 0 Å². The molecular weight excluding hydrogens is 262 g/mol. The van der Waals surface area contributed by atoms with Crippen molar-refractivity contribution < 1.29 is 4.79 Å². The third-order valence-electron chi connectivity index (χ3n) is 3.22. The number of hydrogen-bond donors (Lipinski definition) is 2. The van der Waals surface area contributed by atoms with Crippen molar-refractivity contribution in [1.29, 1.82) is 0 Å². The predicted octanol–water partition coefficient (Wildman–Crippen LogP) is 3.72. The fourth-order valence-corrected chi connectivity index (χ4v) is 2.06. The number of aromatic nitrogens is 1. The number of nitrogens with one attached hydrogen (secondary N) is 2. The number of benzene rings is 1. The Kier molecular flexibility index (Phi) is 5.32. The summed E-state index contributed by atoms with van der Waals surface area (Å²) in [6, 6.07) is 9.72. The van der Waals surface area contributed by atoms with Gasteiger partial charge in [0.15, 0.2) is 0 Å². The van der Waals surface area contributed by atoms with Crippen molar-refractivity contribution >= 4 is 17.3 Å². The van der Waals surface area contributed by atoms with Crippen LogP contribution in [0.4, 0.5) is 11.4 Å². The summed E-state index contributed by atoms with van der Waals surface area (Å²) in [7, 11) is 0. The normalized spacial score (nSPS) is 10.2. The Labute approximate surface area is 125 Å². The van der Waals surface area contributed by atoms with Crippen molar-refractivity contribution in [3.63, 3.8) is 0 Å². The second-order valence-corrected chi connectivity index (χ2v) is 4.86. The van der Waals surface area contributed by atoms with Crippen molar-refractivity contribution in [2.24, 2.45) is 0 Å². The molecule has 0 saturated carbocycles. The van der Waals surface area contributed by atoms with Crippen LogP contribution in [0.5, 0.6) is 0 Å². The number of nitrogens with zero attached hydrogens (tertiary/aromatic N) is 1. The van der Waals surface area contributed by atoms with E-state index in [1.165, 1.54) is 5.56 Å². The molecule has 1 heterocycles. The zero-order chi connectivity index (χ0) is 15.1. The summed E-state index contributed by atoms with van der Waals surface area (Å²) in [6.45, 7) is 5.01. The first kappa shape index (κ1) is 15.0. The number of aryl methyl sites for hydroxylation is 1. The minimum absolute atomic E-state index is 0.144. The van der Waals surface area contributed by atoms with Crippen LogP contribution in [-0.4, -0.2) is 17.4 Å². The van der Waals surface area contributed by atoms with Crippen molar-refractivity contribution in [1.82, 2.24) is 4.98 Å². The summed E-state index contributed by atoms with van der Waals surface area (Å²) in [5.41, 5.74) is 3.39. The number of carbonyl (C=O) groups excluding carboxylic acids is 1. The molecule has 4 nitrogen and oxygen atoms in total. The summed E-state index contributed by atoms with van der Waals surface area (Å²) in [5.74, 6) is -0.144. The Hall–Kier alpha value is -2.36. The van der Waals surface area contributed by atoms with E-state index in [2.05, 4.69) is 29.5 Å². The molecule has 1 amide bonds. The van der Waals surface area contributed by atoms with Gasteiger partial charge in [-0.25, -0.2) is 0 Å². The van der Waals surface area contributed by atoms with Gasteiger partial charge in [-0.1, -0.05) is 26.0 Å². The van der Waals surface area contributed by atoms with E-state index in [0.717, 1.165) is 30.8 Å². The third kappa shape index (κ3) is 4.05. The van der Waals surface area contributed by atoms with E-state index in [1.54, 1.807) is 12.4 Å². The predicted molar refractivity (Wildman–Crippen MR) is 86.8 cm³/mol. The molecule has 0 atom stereocenters. The zero-order valence-corrected chi connectivity index (χ0v) is 12.5. The highest BCUT2D eigenvalue weighted by atomic mass is 16.1. The lowest BCUT2D eigenvalue weighted by Gasteiger charge is -2.11. The lowest BCUT2D eigenvalue weighted by atomic mass is 10.1. The average Bonchev–Trinajstić information content (AvgIpc) is 2.53. The number of anilines is 2. The molecule has 2 aromatic rings. The number of carbonyl (C=O) groups is 1. The minimum Gasteiger partial charge on any atom is -0.384 e. The maximum Gasteiger partial charge on any atom is 0.259 e. The van der Waals surface area contributed by atoms with Gasteiger partial charge in [0.2, 0.25) is 0 Å². The van der Waals surface area contributed by atoms with Gasteiger partial charge in [-0.2, -0.15) is 0 Å².